The van der Waals surface area contributed by atoms with Crippen LogP contribution < -0.4 is 5.32 Å². The van der Waals surface area contributed by atoms with Crippen molar-refractivity contribution in [3.8, 4) is 0 Å². The third-order valence-corrected chi connectivity index (χ3v) is 4.03. The van der Waals surface area contributed by atoms with E-state index in [0.717, 1.165) is 5.56 Å². The van der Waals surface area contributed by atoms with Crippen molar-refractivity contribution in [1.29, 1.82) is 0 Å². The van der Waals surface area contributed by atoms with Crippen LogP contribution >= 0.6 is 0 Å². The smallest absolute Gasteiger partial charge is 0.249 e. The summed E-state index contributed by atoms with van der Waals surface area (Å²) in [5, 5.41) is 16.6. The van der Waals surface area contributed by atoms with Crippen molar-refractivity contribution in [3.63, 3.8) is 0 Å². The van der Waals surface area contributed by atoms with E-state index >= 15 is 0 Å². The number of alkyl halides is 1. The third-order valence-electron chi connectivity index (χ3n) is 4.03. The molecule has 1 aromatic rings. The Labute approximate surface area is 130 Å². The fourth-order valence-electron chi connectivity index (χ4n) is 2.74. The predicted molar refractivity (Wildman–Crippen MR) is 80.8 cm³/mol. The first kappa shape index (κ1) is 16.9. The number of hydrogen-bond donors (Lipinski definition) is 2. The van der Waals surface area contributed by atoms with Crippen molar-refractivity contribution in [1.82, 2.24) is 20.0 Å². The summed E-state index contributed by atoms with van der Waals surface area (Å²) >= 11 is 0. The van der Waals surface area contributed by atoms with Crippen LogP contribution in [0, 0.1) is 5.92 Å². The number of likely N-dealkylation sites (tertiary alicyclic amines) is 1. The molecule has 2 rings (SSSR count). The maximum absolute atomic E-state index is 13.7. The van der Waals surface area contributed by atoms with Crippen LogP contribution in [0.4, 0.5) is 4.39 Å². The number of aryl methyl sites for hydroxylation is 1. The molecule has 0 aromatic carbocycles. The van der Waals surface area contributed by atoms with Gasteiger partial charge in [-0.05, 0) is 12.3 Å². The van der Waals surface area contributed by atoms with E-state index in [9.17, 15) is 14.3 Å². The van der Waals surface area contributed by atoms with Crippen molar-refractivity contribution in [2.24, 2.45) is 13.0 Å². The number of aromatic nitrogens is 2. The van der Waals surface area contributed by atoms with Gasteiger partial charge in [-0.3, -0.25) is 14.4 Å². The molecule has 1 aliphatic rings. The monoisotopic (exact) mass is 312 g/mol. The maximum atomic E-state index is 13.7. The number of carbonyl (C=O) groups excluding carboxylic acids is 1. The molecule has 2 N–H and O–H groups in total. The van der Waals surface area contributed by atoms with Gasteiger partial charge in [0.1, 0.15) is 12.3 Å². The van der Waals surface area contributed by atoms with E-state index in [2.05, 4.69) is 10.4 Å². The summed E-state index contributed by atoms with van der Waals surface area (Å²) in [5.74, 6) is -0.525. The molecule has 22 heavy (non-hydrogen) atoms. The summed E-state index contributed by atoms with van der Waals surface area (Å²) in [6.45, 7) is 4.89. The molecule has 1 saturated heterocycles. The van der Waals surface area contributed by atoms with Crippen LogP contribution in [0.3, 0.4) is 0 Å². The Bertz CT molecular complexity index is 505. The molecular formula is C15H25FN4O2. The van der Waals surface area contributed by atoms with Crippen molar-refractivity contribution in [3.05, 3.63) is 18.0 Å². The second kappa shape index (κ2) is 7.19. The SMILES string of the molecule is CC(C)[C@H](O)C(=O)NC[C@@H]1C[C@H](F)CN1Cc1cnn(C)c1. The van der Waals surface area contributed by atoms with E-state index in [-0.39, 0.29) is 12.0 Å². The van der Waals surface area contributed by atoms with Crippen LogP contribution in [0.25, 0.3) is 0 Å². The summed E-state index contributed by atoms with van der Waals surface area (Å²) in [4.78, 5) is 13.8. The van der Waals surface area contributed by atoms with Gasteiger partial charge in [-0.1, -0.05) is 13.8 Å². The van der Waals surface area contributed by atoms with Crippen molar-refractivity contribution in [2.45, 2.75) is 45.1 Å². The molecular weight excluding hydrogens is 287 g/mol. The lowest BCUT2D eigenvalue weighted by atomic mass is 10.1. The van der Waals surface area contributed by atoms with E-state index in [4.69, 9.17) is 0 Å². The quantitative estimate of drug-likeness (QED) is 0.801. The molecule has 0 radical (unpaired) electrons. The summed E-state index contributed by atoms with van der Waals surface area (Å²) in [7, 11) is 1.84. The van der Waals surface area contributed by atoms with Gasteiger partial charge in [-0.2, -0.15) is 5.10 Å². The number of nitrogens with one attached hydrogen (secondary N) is 1. The maximum Gasteiger partial charge on any atom is 0.249 e. The number of hydrogen-bond acceptors (Lipinski definition) is 4. The largest absolute Gasteiger partial charge is 0.383 e. The average Bonchev–Trinajstić information content (AvgIpc) is 3.01. The number of rotatable bonds is 6. The lowest BCUT2D eigenvalue weighted by Crippen LogP contribution is -2.44. The molecule has 0 saturated carbocycles. The Balaban J connectivity index is 1.89. The highest BCUT2D eigenvalue weighted by atomic mass is 19.1. The average molecular weight is 312 g/mol. The molecule has 1 aromatic heterocycles. The molecule has 3 atom stereocenters. The number of halogens is 1. The van der Waals surface area contributed by atoms with Gasteiger partial charge in [-0.15, -0.1) is 0 Å². The molecule has 6 nitrogen and oxygen atoms in total. The Morgan fingerprint density at radius 3 is 2.91 bits per heavy atom. The molecule has 1 aliphatic heterocycles. The van der Waals surface area contributed by atoms with Gasteiger partial charge in [0.05, 0.1) is 6.20 Å². The fraction of sp³-hybridized carbons (Fsp3) is 0.733. The van der Waals surface area contributed by atoms with E-state index in [1.165, 1.54) is 0 Å². The highest BCUT2D eigenvalue weighted by molar-refractivity contribution is 5.80. The van der Waals surface area contributed by atoms with Gasteiger partial charge in [0.15, 0.2) is 0 Å². The zero-order valence-corrected chi connectivity index (χ0v) is 13.4. The minimum Gasteiger partial charge on any atom is -0.383 e. The van der Waals surface area contributed by atoms with Crippen LogP contribution in [-0.4, -0.2) is 57.1 Å². The number of carbonyl (C=O) groups is 1. The second-order valence-electron chi connectivity index (χ2n) is 6.37. The summed E-state index contributed by atoms with van der Waals surface area (Å²) in [6.07, 6.45) is 2.18. The second-order valence-corrected chi connectivity index (χ2v) is 6.37. The van der Waals surface area contributed by atoms with Gasteiger partial charge >= 0.3 is 0 Å². The lowest BCUT2D eigenvalue weighted by Gasteiger charge is -2.24. The summed E-state index contributed by atoms with van der Waals surface area (Å²) < 4.78 is 15.4. The first-order chi connectivity index (χ1) is 10.4. The zero-order chi connectivity index (χ0) is 16.3. The van der Waals surface area contributed by atoms with E-state index < -0.39 is 18.2 Å². The standard InChI is InChI=1S/C15H25FN4O2/c1-10(2)14(21)15(22)17-6-13-4-12(16)9-20(13)8-11-5-18-19(3)7-11/h5,7,10,12-14,21H,4,6,8-9H2,1-3H3,(H,17,22)/t12-,13-,14-/m0/s1. The summed E-state index contributed by atoms with van der Waals surface area (Å²) in [6, 6.07) is -0.0569. The van der Waals surface area contributed by atoms with E-state index in [1.54, 1.807) is 24.7 Å². The third kappa shape index (κ3) is 4.27. The van der Waals surface area contributed by atoms with E-state index in [1.807, 2.05) is 18.1 Å². The molecule has 0 spiro atoms. The number of aliphatic hydroxyl groups excluding tert-OH is 1. The number of amides is 1. The molecule has 124 valence electrons. The first-order valence-electron chi connectivity index (χ1n) is 7.68. The van der Waals surface area contributed by atoms with Gasteiger partial charge in [0.2, 0.25) is 5.91 Å². The van der Waals surface area contributed by atoms with Crippen LogP contribution in [-0.2, 0) is 18.4 Å². The van der Waals surface area contributed by atoms with Crippen LogP contribution in [0.15, 0.2) is 12.4 Å². The van der Waals surface area contributed by atoms with Crippen LogP contribution in [0.1, 0.15) is 25.8 Å². The normalized spacial score (nSPS) is 23.9. The van der Waals surface area contributed by atoms with Crippen molar-refractivity contribution >= 4 is 5.91 Å². The Hall–Kier alpha value is -1.47. The van der Waals surface area contributed by atoms with Crippen LogP contribution in [0.5, 0.6) is 0 Å². The van der Waals surface area contributed by atoms with Gasteiger partial charge in [0, 0.05) is 44.5 Å². The Morgan fingerprint density at radius 2 is 2.32 bits per heavy atom. The zero-order valence-electron chi connectivity index (χ0n) is 13.4. The first-order valence-corrected chi connectivity index (χ1v) is 7.68. The Morgan fingerprint density at radius 1 is 1.59 bits per heavy atom. The number of aliphatic hydroxyl groups is 1. The minimum absolute atomic E-state index is 0.0569. The van der Waals surface area contributed by atoms with Crippen molar-refractivity contribution in [2.75, 3.05) is 13.1 Å². The fourth-order valence-corrected chi connectivity index (χ4v) is 2.74. The highest BCUT2D eigenvalue weighted by Gasteiger charge is 2.33. The molecule has 2 heterocycles. The van der Waals surface area contributed by atoms with Gasteiger partial charge < -0.3 is 10.4 Å². The molecule has 0 bridgehead atoms. The molecule has 0 aliphatic carbocycles. The van der Waals surface area contributed by atoms with Crippen LogP contribution in [0.2, 0.25) is 0 Å². The predicted octanol–water partition coefficient (Wildman–Crippen LogP) is 0.466. The lowest BCUT2D eigenvalue weighted by molar-refractivity contribution is -0.131. The van der Waals surface area contributed by atoms with E-state index in [0.29, 0.717) is 26.1 Å². The molecule has 7 heteroatoms. The molecule has 0 unspecified atom stereocenters. The van der Waals surface area contributed by atoms with Crippen molar-refractivity contribution < 1.29 is 14.3 Å². The number of nitrogens with zero attached hydrogens (tertiary/aromatic N) is 3. The van der Waals surface area contributed by atoms with Gasteiger partial charge in [0.25, 0.3) is 0 Å². The minimum atomic E-state index is -1.02. The highest BCUT2D eigenvalue weighted by Crippen LogP contribution is 2.22. The Kier molecular flexibility index (Phi) is 5.52. The summed E-state index contributed by atoms with van der Waals surface area (Å²) in [5.41, 5.74) is 1.02. The molecule has 1 amide bonds. The molecule has 1 fully saturated rings. The van der Waals surface area contributed by atoms with Gasteiger partial charge in [-0.25, -0.2) is 4.39 Å². The topological polar surface area (TPSA) is 70.4 Å².